The number of alkyl halides is 2. The molecule has 1 rings (SSSR count). The Morgan fingerprint density at radius 3 is 1.78 bits per heavy atom. The second kappa shape index (κ2) is 21.1. The number of hydrogen-bond donors (Lipinski definition) is 2. The van der Waals surface area contributed by atoms with Crippen molar-refractivity contribution in [3.63, 3.8) is 0 Å². The quantitative estimate of drug-likeness (QED) is 0.0738. The number of anilines is 1. The topological polar surface area (TPSA) is 129 Å². The summed E-state index contributed by atoms with van der Waals surface area (Å²) in [6, 6.07) is 7.21. The van der Waals surface area contributed by atoms with E-state index in [0.717, 1.165) is 11.3 Å². The molecule has 0 heterocycles. The van der Waals surface area contributed by atoms with Crippen molar-refractivity contribution in [3.8, 4) is 0 Å². The molecule has 0 unspecified atom stereocenters. The van der Waals surface area contributed by atoms with Gasteiger partial charge >= 0.3 is 15.2 Å². The van der Waals surface area contributed by atoms with Gasteiger partial charge in [-0.25, -0.2) is 0 Å². The largest absolute Gasteiger partial charge is 0.369 e. The Morgan fingerprint density at radius 1 is 0.854 bits per heavy atom. The van der Waals surface area contributed by atoms with Crippen LogP contribution >= 0.6 is 38.4 Å². The SMILES string of the molecule is CCOP(=O)(OCC)C(CCCCCNC(=O)[C@@H](N)Cc1ccc(N(CCCl)CCCl)cc1)P(=O)(OCC)OCC. The van der Waals surface area contributed by atoms with Crippen LogP contribution in [-0.2, 0) is 38.4 Å². The number of carbonyl (C=O) groups excluding carboxylic acids is 1. The zero-order valence-corrected chi connectivity index (χ0v) is 28.2. The van der Waals surface area contributed by atoms with Crippen LogP contribution in [0.25, 0.3) is 0 Å². The first-order valence-corrected chi connectivity index (χ1v) is 18.7. The highest BCUT2D eigenvalue weighted by molar-refractivity contribution is 7.72. The fourth-order valence-corrected chi connectivity index (χ4v) is 10.2. The lowest BCUT2D eigenvalue weighted by Gasteiger charge is -2.31. The number of amides is 1. The van der Waals surface area contributed by atoms with Crippen LogP contribution in [0.4, 0.5) is 5.69 Å². The molecular formula is C27H49Cl2N3O7P2. The first-order chi connectivity index (χ1) is 19.6. The predicted molar refractivity (Wildman–Crippen MR) is 169 cm³/mol. The second-order valence-electron chi connectivity index (χ2n) is 9.21. The molecule has 0 aliphatic rings. The van der Waals surface area contributed by atoms with E-state index in [9.17, 15) is 13.9 Å². The first kappa shape index (κ1) is 38.4. The Labute approximate surface area is 256 Å². The molecule has 0 bridgehead atoms. The Kier molecular flexibility index (Phi) is 19.7. The molecule has 238 valence electrons. The van der Waals surface area contributed by atoms with E-state index in [0.29, 0.717) is 57.1 Å². The fourth-order valence-electron chi connectivity index (χ4n) is 4.36. The minimum atomic E-state index is -3.76. The number of nitrogens with two attached hydrogens (primary N) is 1. The number of rotatable bonds is 24. The molecule has 10 nitrogen and oxygen atoms in total. The van der Waals surface area contributed by atoms with Crippen molar-refractivity contribution in [2.75, 3.05) is 62.7 Å². The first-order valence-electron chi connectivity index (χ1n) is 14.4. The molecule has 1 amide bonds. The third kappa shape index (κ3) is 13.2. The van der Waals surface area contributed by atoms with Crippen LogP contribution in [0.3, 0.4) is 0 Å². The number of hydrogen-bond acceptors (Lipinski definition) is 9. The molecule has 14 heteroatoms. The number of nitrogens with one attached hydrogen (secondary N) is 1. The van der Waals surface area contributed by atoms with E-state index >= 15 is 0 Å². The number of unbranched alkanes of at least 4 members (excludes halogenated alkanes) is 2. The zero-order chi connectivity index (χ0) is 30.7. The highest BCUT2D eigenvalue weighted by Crippen LogP contribution is 2.71. The highest BCUT2D eigenvalue weighted by atomic mass is 35.5. The highest BCUT2D eigenvalue weighted by Gasteiger charge is 2.50. The van der Waals surface area contributed by atoms with Crippen LogP contribution in [0.2, 0.25) is 0 Å². The molecule has 0 fully saturated rings. The molecule has 1 aromatic carbocycles. The van der Waals surface area contributed by atoms with Crippen LogP contribution in [0.5, 0.6) is 0 Å². The Balaban J connectivity index is 2.63. The average Bonchev–Trinajstić information content (AvgIpc) is 2.93. The summed E-state index contributed by atoms with van der Waals surface area (Å²) in [4.78, 5) is 14.7. The normalized spacial score (nSPS) is 13.0. The monoisotopic (exact) mass is 659 g/mol. The average molecular weight is 661 g/mol. The molecule has 41 heavy (non-hydrogen) atoms. The van der Waals surface area contributed by atoms with Crippen LogP contribution in [0.1, 0.15) is 58.9 Å². The summed E-state index contributed by atoms with van der Waals surface area (Å²) in [7, 11) is -7.52. The number of carbonyl (C=O) groups is 1. The summed E-state index contributed by atoms with van der Waals surface area (Å²) < 4.78 is 49.2. The van der Waals surface area contributed by atoms with Gasteiger partial charge in [0.2, 0.25) is 5.91 Å². The van der Waals surface area contributed by atoms with Gasteiger partial charge < -0.3 is 34.0 Å². The summed E-state index contributed by atoms with van der Waals surface area (Å²) in [6.07, 6.45) is 2.60. The molecule has 0 aliphatic carbocycles. The van der Waals surface area contributed by atoms with E-state index < -0.39 is 26.6 Å². The van der Waals surface area contributed by atoms with Crippen molar-refractivity contribution in [2.45, 2.75) is 71.2 Å². The Morgan fingerprint density at radius 2 is 1.34 bits per heavy atom. The van der Waals surface area contributed by atoms with Gasteiger partial charge in [-0.3, -0.25) is 13.9 Å². The lowest BCUT2D eigenvalue weighted by molar-refractivity contribution is -0.122. The number of benzene rings is 1. The molecule has 1 atom stereocenters. The summed E-state index contributed by atoms with van der Waals surface area (Å²) in [6.45, 7) is 9.23. The number of halogens is 2. The van der Waals surface area contributed by atoms with Crippen molar-refractivity contribution < 1.29 is 32.0 Å². The van der Waals surface area contributed by atoms with Gasteiger partial charge in [0, 0.05) is 37.1 Å². The molecular weight excluding hydrogens is 611 g/mol. The summed E-state index contributed by atoms with van der Waals surface area (Å²) >= 11 is 11.8. The van der Waals surface area contributed by atoms with Crippen LogP contribution in [0, 0.1) is 0 Å². The molecule has 0 spiro atoms. The van der Waals surface area contributed by atoms with Gasteiger partial charge in [-0.15, -0.1) is 23.2 Å². The van der Waals surface area contributed by atoms with E-state index in [1.165, 1.54) is 0 Å². The predicted octanol–water partition coefficient (Wildman–Crippen LogP) is 6.38. The summed E-state index contributed by atoms with van der Waals surface area (Å²) in [5.41, 5.74) is 8.14. The van der Waals surface area contributed by atoms with E-state index in [4.69, 9.17) is 47.0 Å². The standard InChI is InChI=1S/C27H49Cl2N3O7P2/c1-5-36-40(34,37-6-2)26(41(35,38-7-3)39-8-4)12-10-9-11-19-31-27(33)25(30)22-23-13-15-24(16-14-23)32(20-17-28)21-18-29/h13-16,25-26H,5-12,17-22,30H2,1-4H3,(H,31,33)/t25-/m0/s1. The second-order valence-corrected chi connectivity index (χ2v) is 14.8. The molecule has 1 aromatic rings. The van der Waals surface area contributed by atoms with Crippen molar-refractivity contribution in [1.29, 1.82) is 0 Å². The van der Waals surface area contributed by atoms with E-state index in [1.54, 1.807) is 27.7 Å². The van der Waals surface area contributed by atoms with Crippen LogP contribution in [0.15, 0.2) is 24.3 Å². The smallest absolute Gasteiger partial charge is 0.345 e. The van der Waals surface area contributed by atoms with Crippen molar-refractivity contribution in [3.05, 3.63) is 29.8 Å². The fraction of sp³-hybridized carbons (Fsp3) is 0.741. The maximum Gasteiger partial charge on any atom is 0.345 e. The summed E-state index contributed by atoms with van der Waals surface area (Å²) in [5, 5.41) is 1.86. The van der Waals surface area contributed by atoms with Gasteiger partial charge in [0.05, 0.1) is 32.5 Å². The Bertz CT molecular complexity index is 903. The molecule has 0 radical (unpaired) electrons. The zero-order valence-electron chi connectivity index (χ0n) is 24.9. The van der Waals surface area contributed by atoms with Gasteiger partial charge in [0.15, 0.2) is 5.40 Å². The summed E-state index contributed by atoms with van der Waals surface area (Å²) in [5.74, 6) is 0.784. The van der Waals surface area contributed by atoms with Gasteiger partial charge in [-0.2, -0.15) is 0 Å². The van der Waals surface area contributed by atoms with E-state index in [1.807, 2.05) is 24.3 Å². The lowest BCUT2D eigenvalue weighted by atomic mass is 10.1. The maximum absolute atomic E-state index is 13.6. The van der Waals surface area contributed by atoms with Crippen molar-refractivity contribution >= 4 is 50.0 Å². The van der Waals surface area contributed by atoms with Gasteiger partial charge in [-0.1, -0.05) is 25.0 Å². The van der Waals surface area contributed by atoms with Gasteiger partial charge in [-0.05, 0) is 64.7 Å². The van der Waals surface area contributed by atoms with Gasteiger partial charge in [0.1, 0.15) is 0 Å². The minimum absolute atomic E-state index is 0.142. The van der Waals surface area contributed by atoms with Crippen molar-refractivity contribution in [2.24, 2.45) is 5.73 Å². The molecule has 0 aromatic heterocycles. The van der Waals surface area contributed by atoms with Crippen molar-refractivity contribution in [1.82, 2.24) is 5.32 Å². The van der Waals surface area contributed by atoms with Gasteiger partial charge in [0.25, 0.3) is 0 Å². The molecule has 0 aliphatic heterocycles. The third-order valence-corrected chi connectivity index (χ3v) is 12.7. The maximum atomic E-state index is 13.6. The van der Waals surface area contributed by atoms with E-state index in [-0.39, 0.29) is 38.8 Å². The molecule has 3 N–H and O–H groups in total. The minimum Gasteiger partial charge on any atom is -0.369 e. The Hall–Kier alpha value is -0.670. The molecule has 0 saturated heterocycles. The third-order valence-electron chi connectivity index (χ3n) is 6.21. The lowest BCUT2D eigenvalue weighted by Crippen LogP contribution is -2.42. The van der Waals surface area contributed by atoms with E-state index in [2.05, 4.69) is 10.2 Å². The molecule has 0 saturated carbocycles. The van der Waals surface area contributed by atoms with Crippen LogP contribution < -0.4 is 16.0 Å². The van der Waals surface area contributed by atoms with Crippen LogP contribution in [-0.4, -0.2) is 75.2 Å². The number of nitrogens with zero attached hydrogens (tertiary/aromatic N) is 1.